The summed E-state index contributed by atoms with van der Waals surface area (Å²) in [6, 6.07) is 7.61. The molecule has 1 atom stereocenters. The molecule has 0 bridgehead atoms. The molecule has 2 aromatic rings. The zero-order valence-corrected chi connectivity index (χ0v) is 14.6. The van der Waals surface area contributed by atoms with E-state index in [9.17, 15) is 9.59 Å². The van der Waals surface area contributed by atoms with Crippen molar-refractivity contribution in [2.75, 3.05) is 6.61 Å². The first kappa shape index (κ1) is 17.6. The Morgan fingerprint density at radius 1 is 1.40 bits per heavy atom. The van der Waals surface area contributed by atoms with Gasteiger partial charge in [-0.05, 0) is 30.9 Å². The Morgan fingerprint density at radius 3 is 3.00 bits per heavy atom. The van der Waals surface area contributed by atoms with Gasteiger partial charge in [-0.25, -0.2) is 9.78 Å². The Hall–Kier alpha value is -2.25. The number of carboxylic acid groups (broad SMARTS) is 1. The third kappa shape index (κ3) is 4.87. The second kappa shape index (κ2) is 8.22. The molecular formula is C18H20N2O4S. The van der Waals surface area contributed by atoms with Gasteiger partial charge in [-0.15, -0.1) is 11.3 Å². The van der Waals surface area contributed by atoms with E-state index in [-0.39, 0.29) is 17.7 Å². The summed E-state index contributed by atoms with van der Waals surface area (Å²) in [6.07, 6.45) is 3.59. The first-order chi connectivity index (χ1) is 12.1. The highest BCUT2D eigenvalue weighted by molar-refractivity contribution is 7.13. The number of carboxylic acids is 1. The number of hydrogen-bond donors (Lipinski definition) is 2. The van der Waals surface area contributed by atoms with Crippen molar-refractivity contribution in [3.63, 3.8) is 0 Å². The molecule has 0 spiro atoms. The van der Waals surface area contributed by atoms with E-state index in [1.54, 1.807) is 0 Å². The number of ether oxygens (including phenoxy) is 1. The second-order valence-electron chi connectivity index (χ2n) is 5.99. The average molecular weight is 360 g/mol. The number of rotatable bonds is 7. The molecule has 1 saturated heterocycles. The van der Waals surface area contributed by atoms with Gasteiger partial charge in [0.15, 0.2) is 5.69 Å². The summed E-state index contributed by atoms with van der Waals surface area (Å²) < 4.78 is 5.52. The van der Waals surface area contributed by atoms with E-state index >= 15 is 0 Å². The van der Waals surface area contributed by atoms with Gasteiger partial charge >= 0.3 is 5.97 Å². The van der Waals surface area contributed by atoms with Crippen molar-refractivity contribution >= 4 is 23.2 Å². The lowest BCUT2D eigenvalue weighted by Crippen LogP contribution is -2.23. The summed E-state index contributed by atoms with van der Waals surface area (Å²) >= 11 is 1.29. The summed E-state index contributed by atoms with van der Waals surface area (Å²) in [5, 5.41) is 14.1. The van der Waals surface area contributed by atoms with Gasteiger partial charge in [0.25, 0.3) is 0 Å². The Balaban J connectivity index is 1.54. The van der Waals surface area contributed by atoms with Crippen LogP contribution in [0.2, 0.25) is 0 Å². The topological polar surface area (TPSA) is 88.5 Å². The van der Waals surface area contributed by atoms with Gasteiger partial charge in [0.2, 0.25) is 5.91 Å². The summed E-state index contributed by atoms with van der Waals surface area (Å²) in [6.45, 7) is 1.24. The van der Waals surface area contributed by atoms with Crippen molar-refractivity contribution in [2.24, 2.45) is 0 Å². The van der Waals surface area contributed by atoms with Crippen LogP contribution in [0, 0.1) is 0 Å². The van der Waals surface area contributed by atoms with Gasteiger partial charge in [-0.3, -0.25) is 4.79 Å². The van der Waals surface area contributed by atoms with Crippen LogP contribution in [0.3, 0.4) is 0 Å². The Bertz CT molecular complexity index is 753. The number of amides is 1. The van der Waals surface area contributed by atoms with Gasteiger partial charge in [0.05, 0.1) is 6.10 Å². The quantitative estimate of drug-likeness (QED) is 0.792. The maximum absolute atomic E-state index is 12.0. The standard InChI is InChI=1S/C18H20N2O4S/c21-16(7-6-14-5-2-8-24-14)19-10-12-3-1-4-13(9-12)17-20-15(11-25-17)18(22)23/h1,3-4,9,11,14H,2,5-8,10H2,(H,19,21)(H,22,23). The monoisotopic (exact) mass is 360 g/mol. The van der Waals surface area contributed by atoms with Crippen molar-refractivity contribution in [3.8, 4) is 10.6 Å². The van der Waals surface area contributed by atoms with Crippen LogP contribution in [0.4, 0.5) is 0 Å². The lowest BCUT2D eigenvalue weighted by molar-refractivity contribution is -0.121. The number of thiazole rings is 1. The van der Waals surface area contributed by atoms with E-state index in [1.165, 1.54) is 16.7 Å². The van der Waals surface area contributed by atoms with Crippen LogP contribution in [0.15, 0.2) is 29.6 Å². The van der Waals surface area contributed by atoms with Crippen molar-refractivity contribution in [2.45, 2.75) is 38.3 Å². The van der Waals surface area contributed by atoms with Crippen LogP contribution in [0.5, 0.6) is 0 Å². The van der Waals surface area contributed by atoms with Crippen molar-refractivity contribution < 1.29 is 19.4 Å². The van der Waals surface area contributed by atoms with Crippen LogP contribution < -0.4 is 5.32 Å². The van der Waals surface area contributed by atoms with Gasteiger partial charge < -0.3 is 15.2 Å². The van der Waals surface area contributed by atoms with Crippen molar-refractivity contribution in [3.05, 3.63) is 40.9 Å². The molecule has 0 radical (unpaired) electrons. The second-order valence-corrected chi connectivity index (χ2v) is 6.85. The minimum Gasteiger partial charge on any atom is -0.476 e. The fraction of sp³-hybridized carbons (Fsp3) is 0.389. The summed E-state index contributed by atoms with van der Waals surface area (Å²) in [5.41, 5.74) is 1.85. The number of hydrogen-bond acceptors (Lipinski definition) is 5. The lowest BCUT2D eigenvalue weighted by atomic mass is 10.1. The fourth-order valence-corrected chi connectivity index (χ4v) is 3.56. The molecule has 6 nitrogen and oxygen atoms in total. The molecule has 1 fully saturated rings. The van der Waals surface area contributed by atoms with E-state index < -0.39 is 5.97 Å². The average Bonchev–Trinajstić information content (AvgIpc) is 3.30. The molecule has 1 aliphatic rings. The van der Waals surface area contributed by atoms with E-state index in [0.717, 1.165) is 37.0 Å². The Kier molecular flexibility index (Phi) is 5.78. The number of carbonyl (C=O) groups excluding carboxylic acids is 1. The number of aromatic nitrogens is 1. The zero-order valence-electron chi connectivity index (χ0n) is 13.7. The van der Waals surface area contributed by atoms with E-state index in [0.29, 0.717) is 18.0 Å². The molecular weight excluding hydrogens is 340 g/mol. The molecule has 25 heavy (non-hydrogen) atoms. The van der Waals surface area contributed by atoms with Gasteiger partial charge in [-0.1, -0.05) is 18.2 Å². The predicted molar refractivity (Wildman–Crippen MR) is 94.6 cm³/mol. The molecule has 1 unspecified atom stereocenters. The number of benzene rings is 1. The largest absolute Gasteiger partial charge is 0.476 e. The van der Waals surface area contributed by atoms with Crippen LogP contribution in [-0.4, -0.2) is 34.7 Å². The first-order valence-electron chi connectivity index (χ1n) is 8.28. The molecule has 0 aliphatic carbocycles. The molecule has 1 amide bonds. The first-order valence-corrected chi connectivity index (χ1v) is 9.16. The number of nitrogens with one attached hydrogen (secondary N) is 1. The molecule has 2 N–H and O–H groups in total. The molecule has 0 saturated carbocycles. The molecule has 2 heterocycles. The molecule has 1 aromatic carbocycles. The summed E-state index contributed by atoms with van der Waals surface area (Å²) in [4.78, 5) is 27.0. The minimum absolute atomic E-state index is 0.0170. The fourth-order valence-electron chi connectivity index (χ4n) is 2.77. The van der Waals surface area contributed by atoms with Crippen LogP contribution in [-0.2, 0) is 16.1 Å². The van der Waals surface area contributed by atoms with Crippen molar-refractivity contribution in [1.29, 1.82) is 0 Å². The molecule has 3 rings (SSSR count). The van der Waals surface area contributed by atoms with Crippen molar-refractivity contribution in [1.82, 2.24) is 10.3 Å². The Morgan fingerprint density at radius 2 is 2.28 bits per heavy atom. The molecule has 132 valence electrons. The lowest BCUT2D eigenvalue weighted by Gasteiger charge is -2.10. The SMILES string of the molecule is O=C(CCC1CCCO1)NCc1cccc(-c2nc(C(=O)O)cs2)c1. The zero-order chi connectivity index (χ0) is 17.6. The van der Waals surface area contributed by atoms with Crippen LogP contribution in [0.1, 0.15) is 41.7 Å². The minimum atomic E-state index is -1.03. The number of aromatic carboxylic acids is 1. The highest BCUT2D eigenvalue weighted by Crippen LogP contribution is 2.24. The highest BCUT2D eigenvalue weighted by Gasteiger charge is 2.16. The van der Waals surface area contributed by atoms with Crippen LogP contribution >= 0.6 is 11.3 Å². The van der Waals surface area contributed by atoms with E-state index in [2.05, 4.69) is 10.3 Å². The third-order valence-electron chi connectivity index (χ3n) is 4.10. The highest BCUT2D eigenvalue weighted by atomic mass is 32.1. The van der Waals surface area contributed by atoms with E-state index in [1.807, 2.05) is 24.3 Å². The van der Waals surface area contributed by atoms with Gasteiger partial charge in [0.1, 0.15) is 5.01 Å². The van der Waals surface area contributed by atoms with Gasteiger partial charge in [0, 0.05) is 30.5 Å². The smallest absolute Gasteiger partial charge is 0.355 e. The maximum atomic E-state index is 12.0. The number of nitrogens with zero attached hydrogens (tertiary/aromatic N) is 1. The molecule has 7 heteroatoms. The van der Waals surface area contributed by atoms with Crippen LogP contribution in [0.25, 0.3) is 10.6 Å². The molecule has 1 aliphatic heterocycles. The number of carbonyl (C=O) groups is 2. The molecule has 1 aromatic heterocycles. The normalized spacial score (nSPS) is 16.7. The van der Waals surface area contributed by atoms with E-state index in [4.69, 9.17) is 9.84 Å². The maximum Gasteiger partial charge on any atom is 0.355 e. The summed E-state index contributed by atoms with van der Waals surface area (Å²) in [5.74, 6) is -1.01. The Labute approximate surface area is 149 Å². The predicted octanol–water partition coefficient (Wildman–Crippen LogP) is 3.08. The third-order valence-corrected chi connectivity index (χ3v) is 5.00. The van der Waals surface area contributed by atoms with Gasteiger partial charge in [-0.2, -0.15) is 0 Å². The summed E-state index contributed by atoms with van der Waals surface area (Å²) in [7, 11) is 0.